The highest BCUT2D eigenvalue weighted by Gasteiger charge is 2.34. The van der Waals surface area contributed by atoms with E-state index in [0.29, 0.717) is 32.7 Å². The first-order valence-electron chi connectivity index (χ1n) is 11.4. The van der Waals surface area contributed by atoms with E-state index in [1.54, 1.807) is 41.5 Å². The number of carbonyl (C=O) groups excluding carboxylic acids is 1. The molecule has 5 rings (SSSR count). The Kier molecular flexibility index (Phi) is 7.14. The number of carbonyl (C=O) groups is 1. The lowest BCUT2D eigenvalue weighted by molar-refractivity contribution is -0.384. The molecule has 1 fully saturated rings. The van der Waals surface area contributed by atoms with Gasteiger partial charge in [-0.05, 0) is 53.7 Å². The summed E-state index contributed by atoms with van der Waals surface area (Å²) >= 11 is 1.28. The largest absolute Gasteiger partial charge is 0.488 e. The third-order valence-corrected chi connectivity index (χ3v) is 6.49. The second kappa shape index (κ2) is 11.0. The van der Waals surface area contributed by atoms with Crippen LogP contribution in [-0.2, 0) is 17.9 Å². The Balaban J connectivity index is 1.41. The van der Waals surface area contributed by atoms with Gasteiger partial charge in [-0.25, -0.2) is 4.99 Å². The number of nitrogens with zero attached hydrogens (tertiary/aromatic N) is 3. The molecule has 2 heterocycles. The van der Waals surface area contributed by atoms with Crippen molar-refractivity contribution in [3.63, 3.8) is 0 Å². The molecule has 0 aliphatic carbocycles. The lowest BCUT2D eigenvalue weighted by Crippen LogP contribution is -2.28. The number of amidine groups is 1. The van der Waals surface area contributed by atoms with Gasteiger partial charge >= 0.3 is 0 Å². The Morgan fingerprint density at radius 1 is 1.00 bits per heavy atom. The van der Waals surface area contributed by atoms with Crippen LogP contribution in [0.1, 0.15) is 16.9 Å². The average Bonchev–Trinajstić information content (AvgIpc) is 3.53. The van der Waals surface area contributed by atoms with Gasteiger partial charge in [0, 0.05) is 17.7 Å². The number of aliphatic imine (C=N–C) groups is 1. The van der Waals surface area contributed by atoms with Crippen molar-refractivity contribution in [3.05, 3.63) is 129 Å². The maximum Gasteiger partial charge on any atom is 0.269 e. The fourth-order valence-electron chi connectivity index (χ4n) is 3.70. The molecule has 0 radical (unpaired) electrons. The monoisotopic (exact) mass is 511 g/mol. The maximum absolute atomic E-state index is 13.4. The van der Waals surface area contributed by atoms with Gasteiger partial charge < -0.3 is 9.15 Å². The fraction of sp³-hybridized carbons (Fsp3) is 0.0714. The van der Waals surface area contributed by atoms with Crippen molar-refractivity contribution in [2.24, 2.45) is 4.99 Å². The summed E-state index contributed by atoms with van der Waals surface area (Å²) in [5.74, 6) is 1.02. The second-order valence-electron chi connectivity index (χ2n) is 8.06. The zero-order chi connectivity index (χ0) is 25.6. The molecule has 0 N–H and O–H groups in total. The van der Waals surface area contributed by atoms with Gasteiger partial charge in [-0.15, -0.1) is 0 Å². The summed E-state index contributed by atoms with van der Waals surface area (Å²) in [6.07, 6.45) is 3.35. The van der Waals surface area contributed by atoms with Gasteiger partial charge in [-0.2, -0.15) is 0 Å². The SMILES string of the molecule is O=C1C(=Cc2ccccc2OCc2cccc([N+](=O)[O-])c2)SC(=Nc2ccccc2)N1Cc1ccco1. The summed E-state index contributed by atoms with van der Waals surface area (Å²) in [6.45, 7) is 0.404. The average molecular weight is 512 g/mol. The zero-order valence-electron chi connectivity index (χ0n) is 19.5. The fourth-order valence-corrected chi connectivity index (χ4v) is 4.68. The number of non-ortho nitro benzene ring substituents is 1. The van der Waals surface area contributed by atoms with Gasteiger partial charge in [0.05, 0.1) is 28.3 Å². The molecule has 3 aromatic carbocycles. The summed E-state index contributed by atoms with van der Waals surface area (Å²) in [5.41, 5.74) is 2.13. The molecule has 0 saturated carbocycles. The van der Waals surface area contributed by atoms with Crippen molar-refractivity contribution in [2.45, 2.75) is 13.2 Å². The molecule has 8 nitrogen and oxygen atoms in total. The van der Waals surface area contributed by atoms with Crippen LogP contribution < -0.4 is 4.74 Å². The minimum absolute atomic E-state index is 0.00587. The highest BCUT2D eigenvalue weighted by Crippen LogP contribution is 2.36. The number of nitro benzene ring substituents is 1. The number of hydrogen-bond acceptors (Lipinski definition) is 7. The van der Waals surface area contributed by atoms with Crippen LogP contribution in [0.3, 0.4) is 0 Å². The van der Waals surface area contributed by atoms with E-state index in [0.717, 1.165) is 5.69 Å². The molecule has 0 spiro atoms. The number of nitro groups is 1. The Morgan fingerprint density at radius 3 is 2.59 bits per heavy atom. The van der Waals surface area contributed by atoms with E-state index in [4.69, 9.17) is 14.1 Å². The molecule has 37 heavy (non-hydrogen) atoms. The molecule has 0 bridgehead atoms. The molecule has 184 valence electrons. The second-order valence-corrected chi connectivity index (χ2v) is 9.07. The first kappa shape index (κ1) is 24.1. The number of amides is 1. The highest BCUT2D eigenvalue weighted by molar-refractivity contribution is 8.18. The Labute approximate surface area is 217 Å². The first-order valence-corrected chi connectivity index (χ1v) is 12.2. The third kappa shape index (κ3) is 5.79. The smallest absolute Gasteiger partial charge is 0.269 e. The van der Waals surface area contributed by atoms with E-state index in [1.807, 2.05) is 54.6 Å². The van der Waals surface area contributed by atoms with Crippen LogP contribution in [-0.4, -0.2) is 20.9 Å². The van der Waals surface area contributed by atoms with Gasteiger partial charge in [0.2, 0.25) is 0 Å². The summed E-state index contributed by atoms with van der Waals surface area (Å²) in [4.78, 5) is 30.9. The van der Waals surface area contributed by atoms with E-state index in [-0.39, 0.29) is 24.7 Å². The quantitative estimate of drug-likeness (QED) is 0.151. The summed E-state index contributed by atoms with van der Waals surface area (Å²) < 4.78 is 11.5. The molecule has 0 atom stereocenters. The number of furan rings is 1. The summed E-state index contributed by atoms with van der Waals surface area (Å²) in [6, 6.07) is 26.7. The van der Waals surface area contributed by atoms with E-state index >= 15 is 0 Å². The van der Waals surface area contributed by atoms with Gasteiger partial charge in [-0.3, -0.25) is 19.8 Å². The third-order valence-electron chi connectivity index (χ3n) is 5.48. The van der Waals surface area contributed by atoms with Crippen molar-refractivity contribution >= 4 is 40.3 Å². The molecule has 1 aromatic heterocycles. The lowest BCUT2D eigenvalue weighted by Gasteiger charge is -2.13. The first-order chi connectivity index (χ1) is 18.1. The number of hydrogen-bond donors (Lipinski definition) is 0. The number of rotatable bonds is 8. The van der Waals surface area contributed by atoms with Crippen molar-refractivity contribution in [1.82, 2.24) is 4.90 Å². The van der Waals surface area contributed by atoms with Gasteiger partial charge in [0.1, 0.15) is 18.1 Å². The molecular weight excluding hydrogens is 490 g/mol. The van der Waals surface area contributed by atoms with E-state index < -0.39 is 4.92 Å². The predicted octanol–water partition coefficient (Wildman–Crippen LogP) is 6.57. The van der Waals surface area contributed by atoms with Gasteiger partial charge in [-0.1, -0.05) is 48.5 Å². The van der Waals surface area contributed by atoms with Crippen molar-refractivity contribution in [1.29, 1.82) is 0 Å². The van der Waals surface area contributed by atoms with Gasteiger partial charge in [0.15, 0.2) is 5.17 Å². The van der Waals surface area contributed by atoms with Crippen molar-refractivity contribution < 1.29 is 18.9 Å². The predicted molar refractivity (Wildman–Crippen MR) is 142 cm³/mol. The highest BCUT2D eigenvalue weighted by atomic mass is 32.2. The summed E-state index contributed by atoms with van der Waals surface area (Å²) in [5, 5.41) is 11.6. The maximum atomic E-state index is 13.4. The number of para-hydroxylation sites is 2. The number of ether oxygens (including phenoxy) is 1. The number of benzene rings is 3. The molecular formula is C28H21N3O5S. The Hall–Kier alpha value is -4.63. The molecule has 4 aromatic rings. The molecule has 9 heteroatoms. The number of thioether (sulfide) groups is 1. The standard InChI is InChI=1S/C28H21N3O5S/c32-27-26(37-28(29-22-10-2-1-3-11-22)30(27)18-24-13-7-15-35-24)17-21-9-4-5-14-25(21)36-19-20-8-6-12-23(16-20)31(33)34/h1-17H,18-19H2. The molecule has 0 unspecified atom stereocenters. The van der Waals surface area contributed by atoms with Crippen LogP contribution in [0.5, 0.6) is 5.75 Å². The van der Waals surface area contributed by atoms with Crippen LogP contribution in [0.15, 0.2) is 112 Å². The summed E-state index contributed by atoms with van der Waals surface area (Å²) in [7, 11) is 0. The Bertz CT molecular complexity index is 1480. The lowest BCUT2D eigenvalue weighted by atomic mass is 10.1. The van der Waals surface area contributed by atoms with E-state index in [9.17, 15) is 14.9 Å². The molecule has 1 saturated heterocycles. The van der Waals surface area contributed by atoms with Crippen LogP contribution in [0.2, 0.25) is 0 Å². The van der Waals surface area contributed by atoms with Gasteiger partial charge in [0.25, 0.3) is 11.6 Å². The van der Waals surface area contributed by atoms with Crippen molar-refractivity contribution in [2.75, 3.05) is 0 Å². The molecule has 1 amide bonds. The molecule has 1 aliphatic rings. The van der Waals surface area contributed by atoms with Crippen LogP contribution >= 0.6 is 11.8 Å². The topological polar surface area (TPSA) is 98.2 Å². The van der Waals surface area contributed by atoms with Crippen LogP contribution in [0, 0.1) is 10.1 Å². The minimum Gasteiger partial charge on any atom is -0.488 e. The van der Waals surface area contributed by atoms with E-state index in [1.165, 1.54) is 23.9 Å². The normalized spacial score (nSPS) is 15.5. The minimum atomic E-state index is -0.437. The van der Waals surface area contributed by atoms with Crippen LogP contribution in [0.25, 0.3) is 6.08 Å². The molecule has 1 aliphatic heterocycles. The van der Waals surface area contributed by atoms with E-state index in [2.05, 4.69) is 0 Å². The Morgan fingerprint density at radius 2 is 1.81 bits per heavy atom. The van der Waals surface area contributed by atoms with Crippen LogP contribution in [0.4, 0.5) is 11.4 Å². The van der Waals surface area contributed by atoms with Crippen molar-refractivity contribution in [3.8, 4) is 5.75 Å². The zero-order valence-corrected chi connectivity index (χ0v) is 20.3.